The van der Waals surface area contributed by atoms with Crippen molar-refractivity contribution in [2.45, 2.75) is 23.9 Å². The first kappa shape index (κ1) is 19.8. The fourth-order valence-corrected chi connectivity index (χ4v) is 2.19. The van der Waals surface area contributed by atoms with Crippen LogP contribution in [0.2, 0.25) is 10.0 Å². The highest BCUT2D eigenvalue weighted by molar-refractivity contribution is 6.38. The average Bonchev–Trinajstić information content (AvgIpc) is 2.34. The summed E-state index contributed by atoms with van der Waals surface area (Å²) in [5, 5.41) is 0.998. The molecule has 2 N–H and O–H groups in total. The first-order valence-corrected chi connectivity index (χ1v) is 5.97. The molecule has 1 aromatic rings. The lowest BCUT2D eigenvalue weighted by Crippen LogP contribution is -2.59. The lowest BCUT2D eigenvalue weighted by Gasteiger charge is -2.36. The van der Waals surface area contributed by atoms with E-state index in [0.29, 0.717) is 0 Å². The lowest BCUT2D eigenvalue weighted by atomic mass is 9.87. The Morgan fingerprint density at radius 1 is 0.783 bits per heavy atom. The minimum atomic E-state index is -6.84. The van der Waals surface area contributed by atoms with Gasteiger partial charge in [-0.1, -0.05) is 23.2 Å². The van der Waals surface area contributed by atoms with Gasteiger partial charge in [0, 0.05) is 5.56 Å². The fraction of sp³-hybridized carbons (Fsp3) is 0.400. The number of halogens is 11. The highest BCUT2D eigenvalue weighted by Gasteiger charge is 2.81. The van der Waals surface area contributed by atoms with Gasteiger partial charge in [0.25, 0.3) is 0 Å². The molecule has 1 aromatic carbocycles. The smallest absolute Gasteiger partial charge is 0.221 e. The summed E-state index contributed by atoms with van der Waals surface area (Å²) in [6, 6.07) is -0.210. The number of hydrogen-bond acceptors (Lipinski definition) is 1. The minimum absolute atomic E-state index is 0.105. The summed E-state index contributed by atoms with van der Waals surface area (Å²) < 4.78 is 116. The third-order valence-corrected chi connectivity index (χ3v) is 3.30. The van der Waals surface area contributed by atoms with E-state index in [1.165, 1.54) is 0 Å². The van der Waals surface area contributed by atoms with Gasteiger partial charge in [0.05, 0.1) is 10.0 Å². The first-order chi connectivity index (χ1) is 10.1. The predicted octanol–water partition coefficient (Wildman–Crippen LogP) is 4.76. The van der Waals surface area contributed by atoms with E-state index in [-0.39, 0.29) is 12.1 Å². The number of rotatable bonds is 3. The second kappa shape index (κ2) is 5.69. The maximum Gasteiger partial charge on any atom is 0.457 e. The van der Waals surface area contributed by atoms with Gasteiger partial charge in [-0.15, -0.1) is 0 Å². The van der Waals surface area contributed by atoms with E-state index in [0.717, 1.165) is 0 Å². The molecule has 0 aliphatic heterocycles. The summed E-state index contributed by atoms with van der Waals surface area (Å²) in [4.78, 5) is 0. The van der Waals surface area contributed by atoms with Crippen LogP contribution in [0.4, 0.5) is 45.2 Å². The lowest BCUT2D eigenvalue weighted by molar-refractivity contribution is -0.389. The molecule has 1 unspecified atom stereocenters. The van der Waals surface area contributed by atoms with Crippen molar-refractivity contribution >= 4 is 28.9 Å². The number of benzene rings is 1. The van der Waals surface area contributed by atoms with E-state index >= 15 is 0 Å². The van der Waals surface area contributed by atoms with Crippen LogP contribution in [0.15, 0.2) is 17.2 Å². The summed E-state index contributed by atoms with van der Waals surface area (Å²) in [6.45, 7) is 0. The van der Waals surface area contributed by atoms with Crippen LogP contribution in [0.1, 0.15) is 5.56 Å². The molecule has 13 heteroatoms. The molecule has 130 valence electrons. The summed E-state index contributed by atoms with van der Waals surface area (Å²) in [7, 11) is 0. The van der Waals surface area contributed by atoms with Crippen LogP contribution in [-0.2, 0) is 5.67 Å². The minimum Gasteiger partial charge on any atom is -0.221 e. The molecule has 2 nitrogen and oxygen atoms in total. The monoisotopic (exact) mass is 393 g/mol. The van der Waals surface area contributed by atoms with Gasteiger partial charge in [-0.3, -0.25) is 0 Å². The maximum atomic E-state index is 14.1. The first-order valence-electron chi connectivity index (χ1n) is 5.22. The van der Waals surface area contributed by atoms with Crippen LogP contribution in [-0.4, -0.2) is 18.3 Å². The number of hydrogen-bond donors (Lipinski definition) is 1. The highest BCUT2D eigenvalue weighted by Crippen LogP contribution is 2.59. The van der Waals surface area contributed by atoms with E-state index in [2.05, 4.69) is 5.11 Å². The molecule has 0 amide bonds. The van der Waals surface area contributed by atoms with E-state index in [4.69, 9.17) is 28.7 Å². The number of alkyl halides is 9. The predicted molar refractivity (Wildman–Crippen MR) is 60.3 cm³/mol. The standard InChI is InChI=1S/C10H3Cl2F9N2/c11-4-1-3(2-5(12)6(4)23-22)7(13,9(16,17)18)8(14,15)10(19,20)21/h1-2,22H/p+1. The van der Waals surface area contributed by atoms with Crippen LogP contribution in [0.3, 0.4) is 0 Å². The van der Waals surface area contributed by atoms with E-state index < -0.39 is 45.2 Å². The largest absolute Gasteiger partial charge is 0.457 e. The third kappa shape index (κ3) is 2.95. The summed E-state index contributed by atoms with van der Waals surface area (Å²) >= 11 is 10.7. The van der Waals surface area contributed by atoms with Gasteiger partial charge in [-0.25, -0.2) is 4.39 Å². The van der Waals surface area contributed by atoms with Crippen molar-refractivity contribution in [1.82, 2.24) is 0 Å². The highest BCUT2D eigenvalue weighted by atomic mass is 35.5. The zero-order chi connectivity index (χ0) is 18.4. The molecule has 1 atom stereocenters. The van der Waals surface area contributed by atoms with Crippen molar-refractivity contribution in [3.05, 3.63) is 27.7 Å². The molecule has 0 fully saturated rings. The molecule has 0 bridgehead atoms. The Morgan fingerprint density at radius 3 is 1.43 bits per heavy atom. The van der Waals surface area contributed by atoms with Crippen LogP contribution in [0, 0.1) is 0 Å². The van der Waals surface area contributed by atoms with Crippen LogP contribution in [0.25, 0.3) is 0 Å². The molecular formula is C10H4Cl2F9N2+. The quantitative estimate of drug-likeness (QED) is 0.567. The normalized spacial score (nSPS) is 16.1. The van der Waals surface area contributed by atoms with E-state index in [9.17, 15) is 39.5 Å². The Morgan fingerprint density at radius 2 is 1.17 bits per heavy atom. The number of nitrogens with two attached hydrogens (primary N) is 1. The summed E-state index contributed by atoms with van der Waals surface area (Å²) in [6.07, 6.45) is -13.5. The van der Waals surface area contributed by atoms with Gasteiger partial charge < -0.3 is 0 Å². The van der Waals surface area contributed by atoms with Crippen LogP contribution >= 0.6 is 23.2 Å². The number of nitrogens with zero attached hydrogens (tertiary/aromatic N) is 1. The topological polar surface area (TPSA) is 38.0 Å². The van der Waals surface area contributed by atoms with Crippen LogP contribution < -0.4 is 5.53 Å². The van der Waals surface area contributed by atoms with Crippen molar-refractivity contribution in [1.29, 1.82) is 0 Å². The zero-order valence-corrected chi connectivity index (χ0v) is 11.8. The molecule has 0 heterocycles. The van der Waals surface area contributed by atoms with Crippen molar-refractivity contribution in [2.24, 2.45) is 5.11 Å². The molecule has 0 saturated heterocycles. The molecule has 1 rings (SSSR count). The van der Waals surface area contributed by atoms with Crippen molar-refractivity contribution in [2.75, 3.05) is 0 Å². The Balaban J connectivity index is 3.80. The molecule has 0 spiro atoms. The molecule has 0 aliphatic rings. The van der Waals surface area contributed by atoms with Gasteiger partial charge >= 0.3 is 23.9 Å². The zero-order valence-electron chi connectivity index (χ0n) is 10.3. The molecule has 0 saturated carbocycles. The summed E-state index contributed by atoms with van der Waals surface area (Å²) in [5.41, 5.74) is -4.12. The second-order valence-corrected chi connectivity index (χ2v) is 4.96. The van der Waals surface area contributed by atoms with Crippen molar-refractivity contribution in [3.8, 4) is 0 Å². The molecule has 23 heavy (non-hydrogen) atoms. The van der Waals surface area contributed by atoms with Crippen LogP contribution in [0.5, 0.6) is 0 Å². The van der Waals surface area contributed by atoms with Crippen molar-refractivity contribution in [3.63, 3.8) is 0 Å². The Labute approximate surface area is 131 Å². The van der Waals surface area contributed by atoms with Gasteiger partial charge in [-0.2, -0.15) is 40.7 Å². The van der Waals surface area contributed by atoms with Gasteiger partial charge in [0.15, 0.2) is 5.69 Å². The van der Waals surface area contributed by atoms with E-state index in [1.807, 2.05) is 0 Å². The van der Waals surface area contributed by atoms with Gasteiger partial charge in [0.1, 0.15) is 0 Å². The average molecular weight is 394 g/mol. The van der Waals surface area contributed by atoms with Crippen molar-refractivity contribution < 1.29 is 45.0 Å². The molecular weight excluding hydrogens is 390 g/mol. The Bertz CT molecular complexity index is 603. The molecule has 0 aromatic heterocycles. The van der Waals surface area contributed by atoms with Gasteiger partial charge in [0.2, 0.25) is 0 Å². The third-order valence-electron chi connectivity index (χ3n) is 2.72. The fourth-order valence-electron chi connectivity index (χ4n) is 1.61. The summed E-state index contributed by atoms with van der Waals surface area (Å²) in [5.74, 6) is -6.81. The second-order valence-electron chi connectivity index (χ2n) is 4.15. The maximum absolute atomic E-state index is 14.1. The molecule has 0 radical (unpaired) electrons. The SMILES string of the molecule is [NH2+]=Nc1c(Cl)cc(C(F)(C(F)(F)F)C(F)(F)C(F)(F)F)cc1Cl. The Kier molecular flexibility index (Phi) is 4.90. The van der Waals surface area contributed by atoms with E-state index in [1.54, 1.807) is 0 Å². The Hall–Kier alpha value is -1.23. The van der Waals surface area contributed by atoms with Gasteiger partial charge in [-0.05, 0) is 17.2 Å². The molecule has 0 aliphatic carbocycles.